The number of H-pyrrole nitrogens is 1. The summed E-state index contributed by atoms with van der Waals surface area (Å²) in [5.74, 6) is -1.16. The van der Waals surface area contributed by atoms with Crippen LogP contribution in [0.2, 0.25) is 0 Å². The van der Waals surface area contributed by atoms with Crippen molar-refractivity contribution in [3.63, 3.8) is 0 Å². The maximum atomic E-state index is 12.8. The minimum absolute atomic E-state index is 0.205. The Morgan fingerprint density at radius 2 is 1.85 bits per heavy atom. The highest BCUT2D eigenvalue weighted by atomic mass is 16.5. The van der Waals surface area contributed by atoms with E-state index < -0.39 is 29.2 Å². The van der Waals surface area contributed by atoms with Gasteiger partial charge in [-0.3, -0.25) is 14.5 Å². The number of aromatic amines is 1. The number of ketones is 1. The molecule has 2 N–H and O–H groups in total. The Hall–Kier alpha value is -2.64. The third-order valence-electron chi connectivity index (χ3n) is 4.66. The summed E-state index contributed by atoms with van der Waals surface area (Å²) in [5.41, 5.74) is 0.449. The lowest BCUT2D eigenvalue weighted by Crippen LogP contribution is -2.45. The molecule has 0 radical (unpaired) electrons. The molecule has 3 amide bonds. The Labute approximate surface area is 158 Å². The number of aryl methyl sites for hydroxylation is 1. The van der Waals surface area contributed by atoms with Crippen molar-refractivity contribution < 1.29 is 23.9 Å². The fourth-order valence-corrected chi connectivity index (χ4v) is 3.64. The zero-order chi connectivity index (χ0) is 20.5. The van der Waals surface area contributed by atoms with Crippen LogP contribution < -0.4 is 5.32 Å². The molecule has 0 aliphatic carbocycles. The van der Waals surface area contributed by atoms with E-state index in [2.05, 4.69) is 10.3 Å². The molecule has 1 atom stereocenters. The third kappa shape index (κ3) is 3.89. The Balaban J connectivity index is 2.24. The average Bonchev–Trinajstić information content (AvgIpc) is 2.95. The van der Waals surface area contributed by atoms with Gasteiger partial charge in [0.1, 0.15) is 11.2 Å². The van der Waals surface area contributed by atoms with Gasteiger partial charge in [0.2, 0.25) is 0 Å². The normalized spacial score (nSPS) is 19.6. The standard InChI is InChI=1S/C19H27N3O5/c1-7-27-16(24)15-11(4)14(12(5)20-15)13(23)9-22-17(25)19(6,8-10(2)3)21-18(22)26/h10,20H,7-9H2,1-6H3,(H,21,26)/t19-/m0/s1. The van der Waals surface area contributed by atoms with Gasteiger partial charge in [-0.15, -0.1) is 0 Å². The van der Waals surface area contributed by atoms with Crippen LogP contribution in [0.25, 0.3) is 0 Å². The van der Waals surface area contributed by atoms with Gasteiger partial charge in [-0.1, -0.05) is 13.8 Å². The monoisotopic (exact) mass is 377 g/mol. The van der Waals surface area contributed by atoms with Crippen molar-refractivity contribution in [2.75, 3.05) is 13.2 Å². The minimum atomic E-state index is -1.01. The first-order valence-electron chi connectivity index (χ1n) is 9.05. The van der Waals surface area contributed by atoms with Gasteiger partial charge in [0, 0.05) is 11.3 Å². The number of urea groups is 1. The molecule has 1 aliphatic rings. The second kappa shape index (κ2) is 7.54. The Kier molecular flexibility index (Phi) is 5.77. The summed E-state index contributed by atoms with van der Waals surface area (Å²) in [7, 11) is 0. The molecule has 0 bridgehead atoms. The van der Waals surface area contributed by atoms with E-state index >= 15 is 0 Å². The smallest absolute Gasteiger partial charge is 0.355 e. The number of amides is 3. The molecule has 1 fully saturated rings. The summed E-state index contributed by atoms with van der Waals surface area (Å²) >= 11 is 0. The number of aromatic nitrogens is 1. The number of Topliss-reactive ketones (excluding diaryl/α,β-unsaturated/α-hetero) is 1. The van der Waals surface area contributed by atoms with E-state index in [0.29, 0.717) is 23.2 Å². The predicted octanol–water partition coefficient (Wildman–Crippen LogP) is 2.35. The topological polar surface area (TPSA) is 109 Å². The summed E-state index contributed by atoms with van der Waals surface area (Å²) in [5, 5.41) is 2.69. The van der Waals surface area contributed by atoms with E-state index in [1.165, 1.54) is 0 Å². The van der Waals surface area contributed by atoms with Crippen LogP contribution in [0.1, 0.15) is 66.2 Å². The van der Waals surface area contributed by atoms with Crippen molar-refractivity contribution in [2.45, 2.75) is 53.5 Å². The van der Waals surface area contributed by atoms with Crippen molar-refractivity contribution in [1.82, 2.24) is 15.2 Å². The second-order valence-corrected chi connectivity index (χ2v) is 7.52. The van der Waals surface area contributed by atoms with E-state index in [0.717, 1.165) is 4.90 Å². The SMILES string of the molecule is CCOC(=O)c1[nH]c(C)c(C(=O)CN2C(=O)N[C@@](C)(CC(C)C)C2=O)c1C. The molecule has 1 aliphatic heterocycles. The summed E-state index contributed by atoms with van der Waals surface area (Å²) in [6.07, 6.45) is 0.484. The van der Waals surface area contributed by atoms with E-state index in [1.807, 2.05) is 13.8 Å². The lowest BCUT2D eigenvalue weighted by atomic mass is 9.91. The molecule has 1 aromatic heterocycles. The number of hydrogen-bond donors (Lipinski definition) is 2. The summed E-state index contributed by atoms with van der Waals surface area (Å²) < 4.78 is 4.98. The largest absolute Gasteiger partial charge is 0.461 e. The fourth-order valence-electron chi connectivity index (χ4n) is 3.64. The number of carbonyl (C=O) groups is 4. The maximum absolute atomic E-state index is 12.8. The lowest BCUT2D eigenvalue weighted by molar-refractivity contribution is -0.131. The van der Waals surface area contributed by atoms with Crippen molar-refractivity contribution in [3.05, 3.63) is 22.5 Å². The molecule has 8 nitrogen and oxygen atoms in total. The maximum Gasteiger partial charge on any atom is 0.355 e. The summed E-state index contributed by atoms with van der Waals surface area (Å²) in [6, 6.07) is -0.576. The van der Waals surface area contributed by atoms with Gasteiger partial charge >= 0.3 is 12.0 Å². The fraction of sp³-hybridized carbons (Fsp3) is 0.579. The highest BCUT2D eigenvalue weighted by Crippen LogP contribution is 2.26. The van der Waals surface area contributed by atoms with Gasteiger partial charge < -0.3 is 15.0 Å². The van der Waals surface area contributed by atoms with Crippen molar-refractivity contribution in [3.8, 4) is 0 Å². The van der Waals surface area contributed by atoms with Crippen LogP contribution in [0.15, 0.2) is 0 Å². The first-order valence-corrected chi connectivity index (χ1v) is 9.05. The van der Waals surface area contributed by atoms with Crippen molar-refractivity contribution in [1.29, 1.82) is 0 Å². The number of hydrogen-bond acceptors (Lipinski definition) is 5. The zero-order valence-corrected chi connectivity index (χ0v) is 16.7. The van der Waals surface area contributed by atoms with E-state index in [1.54, 1.807) is 27.7 Å². The molecule has 0 spiro atoms. The van der Waals surface area contributed by atoms with Crippen LogP contribution in [0.3, 0.4) is 0 Å². The quantitative estimate of drug-likeness (QED) is 0.431. The molecule has 1 saturated heterocycles. The predicted molar refractivity (Wildman–Crippen MR) is 98.7 cm³/mol. The molecule has 1 aromatic rings. The third-order valence-corrected chi connectivity index (χ3v) is 4.66. The minimum Gasteiger partial charge on any atom is -0.461 e. The number of rotatable bonds is 7. The molecular weight excluding hydrogens is 350 g/mol. The first-order chi connectivity index (χ1) is 12.5. The van der Waals surface area contributed by atoms with Crippen LogP contribution in [-0.2, 0) is 9.53 Å². The first kappa shape index (κ1) is 20.7. The van der Waals surface area contributed by atoms with Gasteiger partial charge in [-0.05, 0) is 45.6 Å². The molecule has 0 saturated carbocycles. The molecule has 148 valence electrons. The van der Waals surface area contributed by atoms with Gasteiger partial charge in [0.15, 0.2) is 5.78 Å². The average molecular weight is 377 g/mol. The van der Waals surface area contributed by atoms with Gasteiger partial charge in [-0.25, -0.2) is 9.59 Å². The number of nitrogens with one attached hydrogen (secondary N) is 2. The van der Waals surface area contributed by atoms with Crippen molar-refractivity contribution in [2.24, 2.45) is 5.92 Å². The van der Waals surface area contributed by atoms with Gasteiger partial charge in [0.05, 0.1) is 13.2 Å². The molecule has 2 heterocycles. The Bertz CT molecular complexity index is 796. The zero-order valence-electron chi connectivity index (χ0n) is 16.7. The molecule has 27 heavy (non-hydrogen) atoms. The second-order valence-electron chi connectivity index (χ2n) is 7.52. The van der Waals surface area contributed by atoms with Crippen LogP contribution in [0, 0.1) is 19.8 Å². The lowest BCUT2D eigenvalue weighted by Gasteiger charge is -2.23. The van der Waals surface area contributed by atoms with E-state index in [-0.39, 0.29) is 24.8 Å². The molecular formula is C19H27N3O5. The number of esters is 1. The number of ether oxygens (including phenoxy) is 1. The van der Waals surface area contributed by atoms with Gasteiger partial charge in [-0.2, -0.15) is 0 Å². The van der Waals surface area contributed by atoms with Crippen molar-refractivity contribution >= 4 is 23.7 Å². The van der Waals surface area contributed by atoms with Crippen LogP contribution >= 0.6 is 0 Å². The summed E-state index contributed by atoms with van der Waals surface area (Å²) in [6.45, 7) is 10.4. The molecule has 2 rings (SSSR count). The van der Waals surface area contributed by atoms with E-state index in [9.17, 15) is 19.2 Å². The highest BCUT2D eigenvalue weighted by Gasteiger charge is 2.48. The Morgan fingerprint density at radius 3 is 2.41 bits per heavy atom. The number of nitrogens with zero attached hydrogens (tertiary/aromatic N) is 1. The highest BCUT2D eigenvalue weighted by molar-refractivity contribution is 6.12. The number of carbonyl (C=O) groups excluding carboxylic acids is 4. The number of imide groups is 1. The molecule has 8 heteroatoms. The van der Waals surface area contributed by atoms with Crippen LogP contribution in [-0.4, -0.2) is 52.3 Å². The van der Waals surface area contributed by atoms with Crippen LogP contribution in [0.5, 0.6) is 0 Å². The van der Waals surface area contributed by atoms with E-state index in [4.69, 9.17) is 4.74 Å². The van der Waals surface area contributed by atoms with Gasteiger partial charge in [0.25, 0.3) is 5.91 Å². The molecule has 0 aromatic carbocycles. The van der Waals surface area contributed by atoms with Crippen LogP contribution in [0.4, 0.5) is 4.79 Å². The summed E-state index contributed by atoms with van der Waals surface area (Å²) in [4.78, 5) is 53.6. The molecule has 0 unspecified atom stereocenters. The Morgan fingerprint density at radius 1 is 1.22 bits per heavy atom.